The van der Waals surface area contributed by atoms with Crippen LogP contribution in [0.15, 0.2) is 52.9 Å². The van der Waals surface area contributed by atoms with Crippen molar-refractivity contribution in [2.24, 2.45) is 5.73 Å². The Hall–Kier alpha value is -1.36. The zero-order chi connectivity index (χ0) is 13.9. The molecule has 0 saturated carbocycles. The van der Waals surface area contributed by atoms with E-state index in [0.717, 1.165) is 9.86 Å². The first-order valence-electron chi connectivity index (χ1n) is 6.56. The molecule has 2 N–H and O–H groups in total. The summed E-state index contributed by atoms with van der Waals surface area (Å²) in [5.41, 5.74) is 9.64. The highest BCUT2D eigenvalue weighted by molar-refractivity contribution is 8.01. The summed E-state index contributed by atoms with van der Waals surface area (Å²) in [6.07, 6.45) is 0. The molecule has 0 aliphatic rings. The Morgan fingerprint density at radius 3 is 2.65 bits per heavy atom. The van der Waals surface area contributed by atoms with Gasteiger partial charge in [-0.1, -0.05) is 48.2 Å². The van der Waals surface area contributed by atoms with E-state index in [4.69, 9.17) is 5.73 Å². The van der Waals surface area contributed by atoms with Crippen LogP contribution >= 0.6 is 23.1 Å². The van der Waals surface area contributed by atoms with E-state index in [9.17, 15) is 0 Å². The van der Waals surface area contributed by atoms with E-state index in [1.807, 2.05) is 6.07 Å². The van der Waals surface area contributed by atoms with E-state index in [-0.39, 0.29) is 5.25 Å². The molecule has 0 aliphatic heterocycles. The van der Waals surface area contributed by atoms with Gasteiger partial charge in [-0.15, -0.1) is 11.3 Å². The van der Waals surface area contributed by atoms with E-state index >= 15 is 0 Å². The molecule has 0 spiro atoms. The fraction of sp³-hybridized carbons (Fsp3) is 0.188. The van der Waals surface area contributed by atoms with Crippen LogP contribution in [-0.4, -0.2) is 11.5 Å². The number of fused-ring (bicyclic) bond motifs is 1. The molecular formula is C16H16N2S2. The van der Waals surface area contributed by atoms with Crippen molar-refractivity contribution in [3.63, 3.8) is 0 Å². The lowest BCUT2D eigenvalue weighted by atomic mass is 10.1. The van der Waals surface area contributed by atoms with Crippen molar-refractivity contribution in [2.75, 3.05) is 6.54 Å². The molecule has 2 aromatic carbocycles. The van der Waals surface area contributed by atoms with Gasteiger partial charge < -0.3 is 5.73 Å². The molecule has 1 aromatic heterocycles. The van der Waals surface area contributed by atoms with Crippen LogP contribution in [0.4, 0.5) is 0 Å². The van der Waals surface area contributed by atoms with Gasteiger partial charge in [0, 0.05) is 11.8 Å². The Kier molecular flexibility index (Phi) is 4.05. The Bertz CT molecular complexity index is 688. The van der Waals surface area contributed by atoms with E-state index in [1.165, 1.54) is 15.8 Å². The maximum Gasteiger partial charge on any atom is 0.151 e. The van der Waals surface area contributed by atoms with Crippen LogP contribution in [0.5, 0.6) is 0 Å². The van der Waals surface area contributed by atoms with Crippen molar-refractivity contribution >= 4 is 33.3 Å². The Morgan fingerprint density at radius 1 is 1.15 bits per heavy atom. The van der Waals surface area contributed by atoms with E-state index in [0.29, 0.717) is 6.54 Å². The van der Waals surface area contributed by atoms with Crippen LogP contribution in [0, 0.1) is 6.92 Å². The molecule has 0 saturated heterocycles. The summed E-state index contributed by atoms with van der Waals surface area (Å²) >= 11 is 3.50. The number of hydrogen-bond acceptors (Lipinski definition) is 4. The van der Waals surface area contributed by atoms with Gasteiger partial charge in [0.05, 0.1) is 10.2 Å². The van der Waals surface area contributed by atoms with Crippen molar-refractivity contribution in [1.29, 1.82) is 0 Å². The molecule has 1 unspecified atom stereocenters. The minimum Gasteiger partial charge on any atom is -0.329 e. The van der Waals surface area contributed by atoms with Crippen molar-refractivity contribution in [2.45, 2.75) is 16.5 Å². The molecule has 0 bridgehead atoms. The maximum atomic E-state index is 5.97. The third-order valence-corrected chi connectivity index (χ3v) is 5.66. The summed E-state index contributed by atoms with van der Waals surface area (Å²) in [7, 11) is 0. The number of hydrogen-bond donors (Lipinski definition) is 1. The standard InChI is InChI=1S/C16H16N2S2/c1-11-6-2-3-7-12(11)15(10-17)20-16-18-13-8-4-5-9-14(13)19-16/h2-9,15H,10,17H2,1H3. The molecule has 3 aromatic rings. The first-order chi connectivity index (χ1) is 9.78. The lowest BCUT2D eigenvalue weighted by Crippen LogP contribution is -2.10. The number of nitrogens with two attached hydrogens (primary N) is 1. The number of nitrogens with zero attached hydrogens (tertiary/aromatic N) is 1. The lowest BCUT2D eigenvalue weighted by molar-refractivity contribution is 0.930. The predicted molar refractivity (Wildman–Crippen MR) is 88.5 cm³/mol. The molecule has 0 aliphatic carbocycles. The molecule has 20 heavy (non-hydrogen) atoms. The monoisotopic (exact) mass is 300 g/mol. The first-order valence-corrected chi connectivity index (χ1v) is 8.25. The summed E-state index contributed by atoms with van der Waals surface area (Å²) in [6, 6.07) is 16.7. The Balaban J connectivity index is 1.90. The smallest absolute Gasteiger partial charge is 0.151 e. The van der Waals surface area contributed by atoms with E-state index in [2.05, 4.69) is 54.4 Å². The zero-order valence-corrected chi connectivity index (χ0v) is 12.9. The van der Waals surface area contributed by atoms with Gasteiger partial charge in [-0.25, -0.2) is 4.98 Å². The summed E-state index contributed by atoms with van der Waals surface area (Å²) in [5.74, 6) is 0. The van der Waals surface area contributed by atoms with Crippen LogP contribution in [0.3, 0.4) is 0 Å². The van der Waals surface area contributed by atoms with Gasteiger partial charge >= 0.3 is 0 Å². The SMILES string of the molecule is Cc1ccccc1C(CN)Sc1nc2ccccc2s1. The second kappa shape index (κ2) is 5.95. The van der Waals surface area contributed by atoms with Crippen LogP contribution in [0.1, 0.15) is 16.4 Å². The van der Waals surface area contributed by atoms with Gasteiger partial charge in [-0.3, -0.25) is 0 Å². The van der Waals surface area contributed by atoms with Gasteiger partial charge in [0.2, 0.25) is 0 Å². The zero-order valence-electron chi connectivity index (χ0n) is 11.2. The van der Waals surface area contributed by atoms with Crippen LogP contribution < -0.4 is 5.73 Å². The molecule has 0 amide bonds. The fourth-order valence-electron chi connectivity index (χ4n) is 2.21. The molecule has 1 heterocycles. The van der Waals surface area contributed by atoms with Crippen LogP contribution in [0.2, 0.25) is 0 Å². The number of thiazole rings is 1. The summed E-state index contributed by atoms with van der Waals surface area (Å²) in [4.78, 5) is 4.68. The second-order valence-electron chi connectivity index (χ2n) is 4.65. The first kappa shape index (κ1) is 13.6. The average Bonchev–Trinajstić information content (AvgIpc) is 2.88. The van der Waals surface area contributed by atoms with Gasteiger partial charge in [-0.05, 0) is 30.2 Å². The van der Waals surface area contributed by atoms with Gasteiger partial charge in [-0.2, -0.15) is 0 Å². The topological polar surface area (TPSA) is 38.9 Å². The van der Waals surface area contributed by atoms with Crippen molar-refractivity contribution < 1.29 is 0 Å². The number of aromatic nitrogens is 1. The fourth-order valence-corrected chi connectivity index (χ4v) is 4.60. The van der Waals surface area contributed by atoms with Gasteiger partial charge in [0.15, 0.2) is 4.34 Å². The molecular weight excluding hydrogens is 284 g/mol. The summed E-state index contributed by atoms with van der Waals surface area (Å²) in [5, 5.41) is 0.261. The number of aryl methyl sites for hydroxylation is 1. The van der Waals surface area contributed by atoms with Crippen molar-refractivity contribution in [1.82, 2.24) is 4.98 Å². The second-order valence-corrected chi connectivity index (χ2v) is 7.13. The molecule has 4 heteroatoms. The Labute approximate surface area is 127 Å². The van der Waals surface area contributed by atoms with E-state index < -0.39 is 0 Å². The number of para-hydroxylation sites is 1. The molecule has 0 radical (unpaired) electrons. The highest BCUT2D eigenvalue weighted by atomic mass is 32.2. The predicted octanol–water partition coefficient (Wildman–Crippen LogP) is 4.40. The normalized spacial score (nSPS) is 12.7. The number of thioether (sulfide) groups is 1. The largest absolute Gasteiger partial charge is 0.329 e. The quantitative estimate of drug-likeness (QED) is 0.726. The van der Waals surface area contributed by atoms with Gasteiger partial charge in [0.25, 0.3) is 0 Å². The molecule has 1 atom stereocenters. The lowest BCUT2D eigenvalue weighted by Gasteiger charge is -2.15. The molecule has 102 valence electrons. The molecule has 2 nitrogen and oxygen atoms in total. The summed E-state index contributed by atoms with van der Waals surface area (Å²) in [6.45, 7) is 2.75. The van der Waals surface area contributed by atoms with E-state index in [1.54, 1.807) is 23.1 Å². The van der Waals surface area contributed by atoms with Gasteiger partial charge in [0.1, 0.15) is 0 Å². The van der Waals surface area contributed by atoms with Crippen LogP contribution in [-0.2, 0) is 0 Å². The third-order valence-electron chi connectivity index (χ3n) is 3.27. The van der Waals surface area contributed by atoms with Crippen LogP contribution in [0.25, 0.3) is 10.2 Å². The third kappa shape index (κ3) is 2.73. The molecule has 0 fully saturated rings. The maximum absolute atomic E-state index is 5.97. The number of rotatable bonds is 4. The molecule has 3 rings (SSSR count). The van der Waals surface area contributed by atoms with Crippen molar-refractivity contribution in [3.8, 4) is 0 Å². The highest BCUT2D eigenvalue weighted by Crippen LogP contribution is 2.39. The number of benzene rings is 2. The minimum absolute atomic E-state index is 0.261. The summed E-state index contributed by atoms with van der Waals surface area (Å²) < 4.78 is 2.32. The Morgan fingerprint density at radius 2 is 1.90 bits per heavy atom. The van der Waals surface area contributed by atoms with Crippen molar-refractivity contribution in [3.05, 3.63) is 59.7 Å². The average molecular weight is 300 g/mol. The highest BCUT2D eigenvalue weighted by Gasteiger charge is 2.15. The minimum atomic E-state index is 0.261.